The van der Waals surface area contributed by atoms with Gasteiger partial charge in [-0.25, -0.2) is 4.98 Å². The van der Waals surface area contributed by atoms with Gasteiger partial charge in [-0.05, 0) is 44.8 Å². The minimum atomic E-state index is 0.452. The molecule has 1 aromatic heterocycles. The molecule has 1 aliphatic rings. The Labute approximate surface area is 108 Å². The van der Waals surface area contributed by atoms with Gasteiger partial charge in [-0.2, -0.15) is 0 Å². The molecule has 0 saturated carbocycles. The molecular weight excluding hydrogens is 230 g/mol. The Bertz CT molecular complexity index is 312. The number of aromatic nitrogens is 1. The molecule has 0 aromatic carbocycles. The van der Waals surface area contributed by atoms with Gasteiger partial charge in [0.2, 0.25) is 0 Å². The zero-order chi connectivity index (χ0) is 12.1. The van der Waals surface area contributed by atoms with Gasteiger partial charge < -0.3 is 5.73 Å². The van der Waals surface area contributed by atoms with Gasteiger partial charge in [0.15, 0.2) is 0 Å². The van der Waals surface area contributed by atoms with Crippen LogP contribution in [0.5, 0.6) is 0 Å². The lowest BCUT2D eigenvalue weighted by molar-refractivity contribution is 0.155. The predicted octanol–water partition coefficient (Wildman–Crippen LogP) is 2.66. The average molecular weight is 253 g/mol. The van der Waals surface area contributed by atoms with Crippen molar-refractivity contribution in [1.29, 1.82) is 0 Å². The fraction of sp³-hybridized carbons (Fsp3) is 0.769. The summed E-state index contributed by atoms with van der Waals surface area (Å²) in [5.74, 6) is 0.575. The molecule has 0 aliphatic carbocycles. The van der Waals surface area contributed by atoms with Crippen LogP contribution < -0.4 is 5.73 Å². The molecule has 2 N–H and O–H groups in total. The predicted molar refractivity (Wildman–Crippen MR) is 73.1 cm³/mol. The zero-order valence-electron chi connectivity index (χ0n) is 10.6. The van der Waals surface area contributed by atoms with Gasteiger partial charge in [0, 0.05) is 5.38 Å². The SMILES string of the molecule is CCCN1CCCCC(CN)C1c1cscn1. The molecule has 17 heavy (non-hydrogen) atoms. The topological polar surface area (TPSA) is 42.1 Å². The normalized spacial score (nSPS) is 26.9. The van der Waals surface area contributed by atoms with Crippen LogP contribution >= 0.6 is 11.3 Å². The maximum atomic E-state index is 5.98. The quantitative estimate of drug-likeness (QED) is 0.897. The highest BCUT2D eigenvalue weighted by atomic mass is 32.1. The molecule has 1 aromatic rings. The first kappa shape index (κ1) is 13.0. The first-order valence-corrected chi connectivity index (χ1v) is 7.63. The highest BCUT2D eigenvalue weighted by Crippen LogP contribution is 2.34. The maximum absolute atomic E-state index is 5.98. The van der Waals surface area contributed by atoms with Crippen molar-refractivity contribution in [2.75, 3.05) is 19.6 Å². The molecule has 2 atom stereocenters. The number of nitrogens with zero attached hydrogens (tertiary/aromatic N) is 2. The van der Waals surface area contributed by atoms with Crippen LogP contribution in [0.15, 0.2) is 10.9 Å². The number of hydrogen-bond acceptors (Lipinski definition) is 4. The van der Waals surface area contributed by atoms with E-state index in [2.05, 4.69) is 22.2 Å². The molecule has 2 unspecified atom stereocenters. The first-order chi connectivity index (χ1) is 8.36. The van der Waals surface area contributed by atoms with E-state index in [9.17, 15) is 0 Å². The highest BCUT2D eigenvalue weighted by molar-refractivity contribution is 7.07. The summed E-state index contributed by atoms with van der Waals surface area (Å²) in [6.07, 6.45) is 5.07. The number of nitrogens with two attached hydrogens (primary N) is 1. The van der Waals surface area contributed by atoms with Gasteiger partial charge >= 0.3 is 0 Å². The summed E-state index contributed by atoms with van der Waals surface area (Å²) < 4.78 is 0. The largest absolute Gasteiger partial charge is 0.330 e. The molecule has 4 heteroatoms. The van der Waals surface area contributed by atoms with Crippen LogP contribution in [0.25, 0.3) is 0 Å². The summed E-state index contributed by atoms with van der Waals surface area (Å²) in [6.45, 7) is 5.40. The van der Waals surface area contributed by atoms with Crippen LogP contribution in [0.1, 0.15) is 44.3 Å². The van der Waals surface area contributed by atoms with E-state index >= 15 is 0 Å². The van der Waals surface area contributed by atoms with Crippen LogP contribution in [0.4, 0.5) is 0 Å². The molecule has 1 saturated heterocycles. The number of thiazole rings is 1. The lowest BCUT2D eigenvalue weighted by atomic mass is 9.93. The van der Waals surface area contributed by atoms with Crippen molar-refractivity contribution in [2.24, 2.45) is 11.7 Å². The van der Waals surface area contributed by atoms with Crippen LogP contribution in [-0.2, 0) is 0 Å². The van der Waals surface area contributed by atoms with Gasteiger partial charge in [-0.1, -0.05) is 13.3 Å². The summed E-state index contributed by atoms with van der Waals surface area (Å²) in [5.41, 5.74) is 9.16. The second-order valence-corrected chi connectivity index (χ2v) is 5.60. The zero-order valence-corrected chi connectivity index (χ0v) is 11.5. The molecule has 2 heterocycles. The van der Waals surface area contributed by atoms with Gasteiger partial charge in [-0.15, -0.1) is 11.3 Å². The molecule has 0 amide bonds. The Kier molecular flexibility index (Phi) is 4.95. The van der Waals surface area contributed by atoms with Crippen molar-refractivity contribution in [3.63, 3.8) is 0 Å². The fourth-order valence-electron chi connectivity index (χ4n) is 2.90. The van der Waals surface area contributed by atoms with E-state index in [1.807, 2.05) is 5.51 Å². The molecule has 2 rings (SSSR count). The fourth-order valence-corrected chi connectivity index (χ4v) is 3.48. The first-order valence-electron chi connectivity index (χ1n) is 6.69. The highest BCUT2D eigenvalue weighted by Gasteiger charge is 2.30. The van der Waals surface area contributed by atoms with Crippen molar-refractivity contribution < 1.29 is 0 Å². The van der Waals surface area contributed by atoms with Crippen molar-refractivity contribution >= 4 is 11.3 Å². The Morgan fingerprint density at radius 1 is 1.53 bits per heavy atom. The maximum Gasteiger partial charge on any atom is 0.0795 e. The van der Waals surface area contributed by atoms with E-state index in [-0.39, 0.29) is 0 Å². The minimum Gasteiger partial charge on any atom is -0.330 e. The smallest absolute Gasteiger partial charge is 0.0795 e. The summed E-state index contributed by atoms with van der Waals surface area (Å²) >= 11 is 1.69. The lowest BCUT2D eigenvalue weighted by Crippen LogP contribution is -2.36. The monoisotopic (exact) mass is 253 g/mol. The van der Waals surface area contributed by atoms with E-state index < -0.39 is 0 Å². The number of rotatable bonds is 4. The van der Waals surface area contributed by atoms with Gasteiger partial charge in [0.05, 0.1) is 17.2 Å². The number of likely N-dealkylation sites (tertiary alicyclic amines) is 1. The van der Waals surface area contributed by atoms with Crippen LogP contribution in [0, 0.1) is 5.92 Å². The van der Waals surface area contributed by atoms with Gasteiger partial charge in [0.1, 0.15) is 0 Å². The van der Waals surface area contributed by atoms with E-state index in [1.54, 1.807) is 11.3 Å². The molecule has 0 bridgehead atoms. The summed E-state index contributed by atoms with van der Waals surface area (Å²) in [6, 6.07) is 0.452. The third-order valence-electron chi connectivity index (χ3n) is 3.68. The van der Waals surface area contributed by atoms with Crippen LogP contribution in [0.2, 0.25) is 0 Å². The van der Waals surface area contributed by atoms with Crippen molar-refractivity contribution in [2.45, 2.75) is 38.6 Å². The van der Waals surface area contributed by atoms with Crippen molar-refractivity contribution in [1.82, 2.24) is 9.88 Å². The molecule has 0 spiro atoms. The average Bonchev–Trinajstić information content (AvgIpc) is 2.78. The molecule has 96 valence electrons. The van der Waals surface area contributed by atoms with E-state index in [0.29, 0.717) is 12.0 Å². The Morgan fingerprint density at radius 2 is 2.41 bits per heavy atom. The standard InChI is InChI=1S/C13H23N3S/c1-2-6-16-7-4-3-5-11(8-14)13(16)12-9-17-10-15-12/h9-11,13H,2-8,14H2,1H3. The van der Waals surface area contributed by atoms with Crippen molar-refractivity contribution in [3.8, 4) is 0 Å². The summed E-state index contributed by atoms with van der Waals surface area (Å²) in [4.78, 5) is 7.13. The van der Waals surface area contributed by atoms with Gasteiger partial charge in [-0.3, -0.25) is 4.90 Å². The minimum absolute atomic E-state index is 0.452. The Balaban J connectivity index is 2.22. The number of hydrogen-bond donors (Lipinski definition) is 1. The molecule has 1 aliphatic heterocycles. The molecule has 1 fully saturated rings. The molecule has 3 nitrogen and oxygen atoms in total. The molecule has 0 radical (unpaired) electrons. The third kappa shape index (κ3) is 3.06. The van der Waals surface area contributed by atoms with Gasteiger partial charge in [0.25, 0.3) is 0 Å². The second-order valence-electron chi connectivity index (χ2n) is 4.89. The second kappa shape index (κ2) is 6.47. The summed E-state index contributed by atoms with van der Waals surface area (Å²) in [5, 5.41) is 2.20. The lowest BCUT2D eigenvalue weighted by Gasteiger charge is -2.33. The van der Waals surface area contributed by atoms with Crippen LogP contribution in [-0.4, -0.2) is 29.5 Å². The van der Waals surface area contributed by atoms with E-state index in [4.69, 9.17) is 5.73 Å². The van der Waals surface area contributed by atoms with E-state index in [1.165, 1.54) is 44.5 Å². The third-order valence-corrected chi connectivity index (χ3v) is 4.28. The molecular formula is C13H23N3S. The summed E-state index contributed by atoms with van der Waals surface area (Å²) in [7, 11) is 0. The van der Waals surface area contributed by atoms with Crippen molar-refractivity contribution in [3.05, 3.63) is 16.6 Å². The Morgan fingerprint density at radius 3 is 3.06 bits per heavy atom. The van der Waals surface area contributed by atoms with Crippen LogP contribution in [0.3, 0.4) is 0 Å². The Hall–Kier alpha value is -0.450. The van der Waals surface area contributed by atoms with E-state index in [0.717, 1.165) is 6.54 Å².